The van der Waals surface area contributed by atoms with Crippen molar-refractivity contribution in [3.05, 3.63) is 64.2 Å². The molecule has 0 bridgehead atoms. The molecule has 6 heteroatoms. The van der Waals surface area contributed by atoms with Crippen molar-refractivity contribution in [1.29, 1.82) is 0 Å². The molecular formula is C23H25ClN2O2S. The molecule has 4 rings (SSSR count). The predicted molar refractivity (Wildman–Crippen MR) is 119 cm³/mol. The summed E-state index contributed by atoms with van der Waals surface area (Å²) < 4.78 is 0. The van der Waals surface area contributed by atoms with Crippen molar-refractivity contribution in [2.75, 3.05) is 17.2 Å². The minimum absolute atomic E-state index is 0.0439. The second kappa shape index (κ2) is 7.69. The quantitative estimate of drug-likeness (QED) is 0.690. The van der Waals surface area contributed by atoms with E-state index in [4.69, 9.17) is 11.6 Å². The summed E-state index contributed by atoms with van der Waals surface area (Å²) in [7, 11) is 0. The van der Waals surface area contributed by atoms with E-state index in [0.717, 1.165) is 28.1 Å². The first kappa shape index (κ1) is 20.3. The van der Waals surface area contributed by atoms with E-state index in [0.29, 0.717) is 24.5 Å². The van der Waals surface area contributed by atoms with Gasteiger partial charge in [0.05, 0.1) is 12.2 Å². The molecule has 2 aromatic carbocycles. The number of anilines is 1. The molecule has 4 nitrogen and oxygen atoms in total. The van der Waals surface area contributed by atoms with Gasteiger partial charge in [0.15, 0.2) is 4.87 Å². The van der Waals surface area contributed by atoms with E-state index in [9.17, 15) is 9.59 Å². The van der Waals surface area contributed by atoms with Crippen LogP contribution in [0.25, 0.3) is 0 Å². The summed E-state index contributed by atoms with van der Waals surface area (Å²) in [5, 5.41) is 0.640. The van der Waals surface area contributed by atoms with Crippen LogP contribution < -0.4 is 4.90 Å². The zero-order valence-corrected chi connectivity index (χ0v) is 18.5. The second-order valence-corrected chi connectivity index (χ2v) is 9.83. The Morgan fingerprint density at radius 3 is 2.72 bits per heavy atom. The fourth-order valence-electron chi connectivity index (χ4n) is 4.20. The number of rotatable bonds is 4. The summed E-state index contributed by atoms with van der Waals surface area (Å²) in [5.41, 5.74) is 3.78. The van der Waals surface area contributed by atoms with Crippen molar-refractivity contribution in [2.24, 2.45) is 5.92 Å². The van der Waals surface area contributed by atoms with Gasteiger partial charge in [-0.25, -0.2) is 0 Å². The van der Waals surface area contributed by atoms with Crippen LogP contribution in [-0.4, -0.2) is 29.0 Å². The Balaban J connectivity index is 1.80. The topological polar surface area (TPSA) is 40.6 Å². The van der Waals surface area contributed by atoms with Gasteiger partial charge in [0.2, 0.25) is 5.91 Å². The first-order chi connectivity index (χ1) is 13.8. The fraction of sp³-hybridized carbons (Fsp3) is 0.391. The average Bonchev–Trinajstić information content (AvgIpc) is 3.20. The number of carbonyl (C=O) groups excluding carboxylic acids is 2. The Morgan fingerprint density at radius 1 is 1.24 bits per heavy atom. The van der Waals surface area contributed by atoms with Gasteiger partial charge in [-0.2, -0.15) is 0 Å². The van der Waals surface area contributed by atoms with E-state index in [1.807, 2.05) is 62.1 Å². The van der Waals surface area contributed by atoms with Gasteiger partial charge in [0, 0.05) is 29.3 Å². The molecule has 2 aromatic rings. The molecule has 1 fully saturated rings. The molecule has 1 atom stereocenters. The summed E-state index contributed by atoms with van der Waals surface area (Å²) in [6.45, 7) is 7.07. The van der Waals surface area contributed by atoms with Gasteiger partial charge in [-0.3, -0.25) is 9.59 Å². The highest BCUT2D eigenvalue weighted by molar-refractivity contribution is 8.01. The lowest BCUT2D eigenvalue weighted by molar-refractivity contribution is -0.140. The SMILES string of the molecule is Cc1ccc2c(c1)C1(SCCN1C(=O)CC(C)C)C(=O)N2Cc1ccccc1Cl. The zero-order valence-electron chi connectivity index (χ0n) is 16.9. The van der Waals surface area contributed by atoms with E-state index in [1.165, 1.54) is 0 Å². The first-order valence-corrected chi connectivity index (χ1v) is 11.3. The van der Waals surface area contributed by atoms with Crippen LogP contribution in [0.4, 0.5) is 5.69 Å². The molecule has 0 aliphatic carbocycles. The molecule has 0 saturated carbocycles. The van der Waals surface area contributed by atoms with Crippen LogP contribution in [0.5, 0.6) is 0 Å². The number of hydrogen-bond acceptors (Lipinski definition) is 3. The molecule has 0 aromatic heterocycles. The number of hydrogen-bond donors (Lipinski definition) is 0. The normalized spacial score (nSPS) is 20.8. The predicted octanol–water partition coefficient (Wildman–Crippen LogP) is 4.97. The summed E-state index contributed by atoms with van der Waals surface area (Å²) in [6.07, 6.45) is 0.446. The molecule has 0 N–H and O–H groups in total. The van der Waals surface area contributed by atoms with Crippen LogP contribution in [0.15, 0.2) is 42.5 Å². The summed E-state index contributed by atoms with van der Waals surface area (Å²) in [4.78, 5) is 29.6. The van der Waals surface area contributed by atoms with Gasteiger partial charge in [0.25, 0.3) is 5.91 Å². The fourth-order valence-corrected chi connectivity index (χ4v) is 5.86. The molecule has 29 heavy (non-hydrogen) atoms. The minimum atomic E-state index is -0.964. The molecule has 2 aliphatic heterocycles. The maximum Gasteiger partial charge on any atom is 0.268 e. The summed E-state index contributed by atoms with van der Waals surface area (Å²) in [5.74, 6) is 1.00. The van der Waals surface area contributed by atoms with Crippen LogP contribution in [0, 0.1) is 12.8 Å². The molecule has 2 heterocycles. The second-order valence-electron chi connectivity index (χ2n) is 8.14. The van der Waals surface area contributed by atoms with Crippen molar-refractivity contribution < 1.29 is 9.59 Å². The third kappa shape index (κ3) is 3.34. The lowest BCUT2D eigenvalue weighted by atomic mass is 10.0. The van der Waals surface area contributed by atoms with Gasteiger partial charge in [-0.1, -0.05) is 61.3 Å². The van der Waals surface area contributed by atoms with Gasteiger partial charge in [-0.15, -0.1) is 11.8 Å². The largest absolute Gasteiger partial charge is 0.315 e. The monoisotopic (exact) mass is 428 g/mol. The molecule has 0 radical (unpaired) electrons. The number of thioether (sulfide) groups is 1. The molecular weight excluding hydrogens is 404 g/mol. The third-order valence-electron chi connectivity index (χ3n) is 5.52. The average molecular weight is 429 g/mol. The zero-order chi connectivity index (χ0) is 20.8. The first-order valence-electron chi connectivity index (χ1n) is 9.95. The Bertz CT molecular complexity index is 977. The van der Waals surface area contributed by atoms with Crippen LogP contribution in [0.2, 0.25) is 5.02 Å². The Labute approximate surface area is 181 Å². The highest BCUT2D eigenvalue weighted by atomic mass is 35.5. The maximum absolute atomic E-state index is 13.9. The molecule has 2 amide bonds. The number of carbonyl (C=O) groups is 2. The lowest BCUT2D eigenvalue weighted by Gasteiger charge is -2.33. The number of halogens is 1. The van der Waals surface area contributed by atoms with Crippen LogP contribution in [0.1, 0.15) is 37.0 Å². The number of amides is 2. The van der Waals surface area contributed by atoms with Gasteiger partial charge in [-0.05, 0) is 30.5 Å². The molecule has 2 aliphatic rings. The summed E-state index contributed by atoms with van der Waals surface area (Å²) in [6, 6.07) is 13.7. The van der Waals surface area contributed by atoms with E-state index in [-0.39, 0.29) is 17.7 Å². The van der Waals surface area contributed by atoms with Crippen molar-refractivity contribution in [3.8, 4) is 0 Å². The van der Waals surface area contributed by atoms with Crippen LogP contribution in [-0.2, 0) is 21.0 Å². The number of fused-ring (bicyclic) bond motifs is 2. The molecule has 1 spiro atoms. The maximum atomic E-state index is 13.9. The van der Waals surface area contributed by atoms with Crippen molar-refractivity contribution >= 4 is 40.9 Å². The number of aryl methyl sites for hydroxylation is 1. The van der Waals surface area contributed by atoms with Gasteiger partial charge < -0.3 is 9.80 Å². The van der Waals surface area contributed by atoms with Crippen molar-refractivity contribution in [2.45, 2.75) is 38.6 Å². The van der Waals surface area contributed by atoms with E-state index < -0.39 is 4.87 Å². The van der Waals surface area contributed by atoms with Crippen LogP contribution >= 0.6 is 23.4 Å². The van der Waals surface area contributed by atoms with Crippen molar-refractivity contribution in [1.82, 2.24) is 4.90 Å². The third-order valence-corrected chi connectivity index (χ3v) is 7.31. The standard InChI is InChI=1S/C23H25ClN2O2S/c1-15(2)12-21(27)26-10-11-29-23(26)18-13-16(3)8-9-20(18)25(22(23)28)14-17-6-4-5-7-19(17)24/h4-9,13,15H,10-12,14H2,1-3H3. The van der Waals surface area contributed by atoms with Crippen LogP contribution in [0.3, 0.4) is 0 Å². The molecule has 1 unspecified atom stereocenters. The molecule has 1 saturated heterocycles. The Hall–Kier alpha value is -1.98. The van der Waals surface area contributed by atoms with E-state index >= 15 is 0 Å². The van der Waals surface area contributed by atoms with Crippen molar-refractivity contribution in [3.63, 3.8) is 0 Å². The van der Waals surface area contributed by atoms with Gasteiger partial charge >= 0.3 is 0 Å². The molecule has 152 valence electrons. The highest BCUT2D eigenvalue weighted by Crippen LogP contribution is 2.55. The smallest absolute Gasteiger partial charge is 0.268 e. The Kier molecular flexibility index (Phi) is 5.38. The Morgan fingerprint density at radius 2 is 2.00 bits per heavy atom. The number of benzene rings is 2. The minimum Gasteiger partial charge on any atom is -0.315 e. The lowest BCUT2D eigenvalue weighted by Crippen LogP contribution is -2.50. The van der Waals surface area contributed by atoms with Gasteiger partial charge in [0.1, 0.15) is 0 Å². The highest BCUT2D eigenvalue weighted by Gasteiger charge is 2.59. The van der Waals surface area contributed by atoms with E-state index in [1.54, 1.807) is 16.7 Å². The van der Waals surface area contributed by atoms with E-state index in [2.05, 4.69) is 6.07 Å². The summed E-state index contributed by atoms with van der Waals surface area (Å²) >= 11 is 7.96. The number of nitrogens with zero attached hydrogens (tertiary/aromatic N) is 2.